The lowest BCUT2D eigenvalue weighted by atomic mass is 9.95. The van der Waals surface area contributed by atoms with Gasteiger partial charge in [0.25, 0.3) is 0 Å². The van der Waals surface area contributed by atoms with E-state index in [-0.39, 0.29) is 18.2 Å². The Labute approximate surface area is 73.0 Å². The van der Waals surface area contributed by atoms with Crippen LogP contribution in [0.4, 0.5) is 0 Å². The Hall–Kier alpha value is -0.570. The molecule has 1 rings (SSSR count). The molecule has 0 amide bonds. The van der Waals surface area contributed by atoms with Crippen LogP contribution in [0.2, 0.25) is 0 Å². The van der Waals surface area contributed by atoms with Crippen molar-refractivity contribution in [1.29, 1.82) is 0 Å². The molecule has 0 bridgehead atoms. The summed E-state index contributed by atoms with van der Waals surface area (Å²) in [6.07, 6.45) is 4.39. The highest BCUT2D eigenvalue weighted by molar-refractivity contribution is 5.66. The molecule has 2 atom stereocenters. The van der Waals surface area contributed by atoms with Crippen LogP contribution in [0.5, 0.6) is 0 Å². The first-order chi connectivity index (χ1) is 5.72. The molecule has 2 unspecified atom stereocenters. The van der Waals surface area contributed by atoms with E-state index in [2.05, 4.69) is 0 Å². The predicted molar refractivity (Wildman–Crippen MR) is 44.8 cm³/mol. The average Bonchev–Trinajstić information content (AvgIpc) is 2.03. The van der Waals surface area contributed by atoms with E-state index in [1.807, 2.05) is 0 Å². The molecular formula is C9H16O3. The minimum absolute atomic E-state index is 0.0844. The van der Waals surface area contributed by atoms with Crippen molar-refractivity contribution in [2.24, 2.45) is 0 Å². The summed E-state index contributed by atoms with van der Waals surface area (Å²) in [7, 11) is 1.71. The summed E-state index contributed by atoms with van der Waals surface area (Å²) in [4.78, 5) is 10.6. The third-order valence-electron chi connectivity index (χ3n) is 2.24. The van der Waals surface area contributed by atoms with Crippen LogP contribution in [-0.4, -0.2) is 25.3 Å². The van der Waals surface area contributed by atoms with Crippen LogP contribution < -0.4 is 0 Å². The van der Waals surface area contributed by atoms with Crippen molar-refractivity contribution < 1.29 is 14.3 Å². The first-order valence-electron chi connectivity index (χ1n) is 4.42. The maximum Gasteiger partial charge on any atom is 0.302 e. The number of esters is 1. The fraction of sp³-hybridized carbons (Fsp3) is 0.889. The summed E-state index contributed by atoms with van der Waals surface area (Å²) in [5.41, 5.74) is 0. The second-order valence-electron chi connectivity index (χ2n) is 3.26. The Balaban J connectivity index is 2.30. The molecular weight excluding hydrogens is 156 g/mol. The van der Waals surface area contributed by atoms with Crippen molar-refractivity contribution >= 4 is 5.97 Å². The van der Waals surface area contributed by atoms with Gasteiger partial charge < -0.3 is 9.47 Å². The lowest BCUT2D eigenvalue weighted by Gasteiger charge is -2.27. The fourth-order valence-corrected chi connectivity index (χ4v) is 1.66. The summed E-state index contributed by atoms with van der Waals surface area (Å²) >= 11 is 0. The van der Waals surface area contributed by atoms with Gasteiger partial charge in [0, 0.05) is 20.5 Å². The highest BCUT2D eigenvalue weighted by Gasteiger charge is 2.23. The molecule has 0 aliphatic heterocycles. The number of carbonyl (C=O) groups is 1. The van der Waals surface area contributed by atoms with E-state index in [4.69, 9.17) is 9.47 Å². The molecule has 3 nitrogen and oxygen atoms in total. The predicted octanol–water partition coefficient (Wildman–Crippen LogP) is 1.51. The Kier molecular flexibility index (Phi) is 3.53. The number of methoxy groups -OCH3 is 1. The zero-order chi connectivity index (χ0) is 8.97. The Morgan fingerprint density at radius 1 is 1.33 bits per heavy atom. The maximum absolute atomic E-state index is 10.6. The molecule has 1 saturated carbocycles. The van der Waals surface area contributed by atoms with Crippen LogP contribution in [0.15, 0.2) is 0 Å². The van der Waals surface area contributed by atoms with Crippen LogP contribution in [0.1, 0.15) is 32.6 Å². The highest BCUT2D eigenvalue weighted by Crippen LogP contribution is 2.22. The molecule has 0 spiro atoms. The summed E-state index contributed by atoms with van der Waals surface area (Å²) in [6, 6.07) is 0. The SMILES string of the molecule is COC1CCCC(OC(C)=O)C1. The topological polar surface area (TPSA) is 35.5 Å². The molecule has 0 aromatic carbocycles. The van der Waals surface area contributed by atoms with Gasteiger partial charge in [-0.1, -0.05) is 0 Å². The van der Waals surface area contributed by atoms with Gasteiger partial charge in [-0.3, -0.25) is 4.79 Å². The van der Waals surface area contributed by atoms with Gasteiger partial charge in [-0.2, -0.15) is 0 Å². The molecule has 0 radical (unpaired) electrons. The van der Waals surface area contributed by atoms with Crippen molar-refractivity contribution in [2.45, 2.75) is 44.8 Å². The number of hydrogen-bond acceptors (Lipinski definition) is 3. The van der Waals surface area contributed by atoms with Gasteiger partial charge in [-0.15, -0.1) is 0 Å². The van der Waals surface area contributed by atoms with Crippen LogP contribution in [0.25, 0.3) is 0 Å². The van der Waals surface area contributed by atoms with Crippen molar-refractivity contribution in [3.8, 4) is 0 Å². The third-order valence-corrected chi connectivity index (χ3v) is 2.24. The van der Waals surface area contributed by atoms with Crippen LogP contribution in [-0.2, 0) is 14.3 Å². The van der Waals surface area contributed by atoms with Gasteiger partial charge in [0.1, 0.15) is 6.10 Å². The van der Waals surface area contributed by atoms with E-state index in [1.165, 1.54) is 6.92 Å². The Bertz CT molecular complexity index is 156. The summed E-state index contributed by atoms with van der Waals surface area (Å²) in [5.74, 6) is -0.184. The van der Waals surface area contributed by atoms with Gasteiger partial charge in [-0.05, 0) is 19.3 Å². The van der Waals surface area contributed by atoms with Gasteiger partial charge in [0.05, 0.1) is 6.10 Å². The molecule has 1 aliphatic carbocycles. The quantitative estimate of drug-likeness (QED) is 0.592. The largest absolute Gasteiger partial charge is 0.462 e. The average molecular weight is 172 g/mol. The monoisotopic (exact) mass is 172 g/mol. The van der Waals surface area contributed by atoms with Gasteiger partial charge in [0.15, 0.2) is 0 Å². The molecule has 0 N–H and O–H groups in total. The molecule has 0 heterocycles. The molecule has 0 aromatic rings. The summed E-state index contributed by atoms with van der Waals surface area (Å²) in [6.45, 7) is 1.45. The molecule has 1 fully saturated rings. The molecule has 0 saturated heterocycles. The van der Waals surface area contributed by atoms with Crippen molar-refractivity contribution in [3.05, 3.63) is 0 Å². The standard InChI is InChI=1S/C9H16O3/c1-7(10)12-9-5-3-4-8(6-9)11-2/h8-9H,3-6H2,1-2H3. The number of carbonyl (C=O) groups excluding carboxylic acids is 1. The van der Waals surface area contributed by atoms with Crippen LogP contribution >= 0.6 is 0 Å². The molecule has 70 valence electrons. The molecule has 0 aromatic heterocycles. The fourth-order valence-electron chi connectivity index (χ4n) is 1.66. The van der Waals surface area contributed by atoms with Crippen molar-refractivity contribution in [1.82, 2.24) is 0 Å². The molecule has 12 heavy (non-hydrogen) atoms. The highest BCUT2D eigenvalue weighted by atomic mass is 16.5. The number of rotatable bonds is 2. The Morgan fingerprint density at radius 3 is 2.58 bits per heavy atom. The van der Waals surface area contributed by atoms with Crippen molar-refractivity contribution in [3.63, 3.8) is 0 Å². The summed E-state index contributed by atoms with van der Waals surface area (Å²) in [5, 5.41) is 0. The van der Waals surface area contributed by atoms with Gasteiger partial charge >= 0.3 is 5.97 Å². The maximum atomic E-state index is 10.6. The summed E-state index contributed by atoms with van der Waals surface area (Å²) < 4.78 is 10.3. The first kappa shape index (κ1) is 9.52. The second-order valence-corrected chi connectivity index (χ2v) is 3.26. The van der Waals surface area contributed by atoms with E-state index in [1.54, 1.807) is 7.11 Å². The number of ether oxygens (including phenoxy) is 2. The van der Waals surface area contributed by atoms with Gasteiger partial charge in [0.2, 0.25) is 0 Å². The van der Waals surface area contributed by atoms with E-state index < -0.39 is 0 Å². The zero-order valence-corrected chi connectivity index (χ0v) is 7.71. The lowest BCUT2D eigenvalue weighted by Crippen LogP contribution is -2.28. The molecule has 3 heteroatoms. The smallest absolute Gasteiger partial charge is 0.302 e. The normalized spacial score (nSPS) is 29.8. The first-order valence-corrected chi connectivity index (χ1v) is 4.42. The minimum atomic E-state index is -0.184. The van der Waals surface area contributed by atoms with E-state index in [9.17, 15) is 4.79 Å². The number of hydrogen-bond donors (Lipinski definition) is 0. The van der Waals surface area contributed by atoms with E-state index in [0.717, 1.165) is 25.7 Å². The Morgan fingerprint density at radius 2 is 2.00 bits per heavy atom. The minimum Gasteiger partial charge on any atom is -0.462 e. The second kappa shape index (κ2) is 4.45. The zero-order valence-electron chi connectivity index (χ0n) is 7.71. The van der Waals surface area contributed by atoms with Crippen LogP contribution in [0, 0.1) is 0 Å². The third kappa shape index (κ3) is 2.81. The lowest BCUT2D eigenvalue weighted by molar-refractivity contribution is -0.149. The van der Waals surface area contributed by atoms with Gasteiger partial charge in [-0.25, -0.2) is 0 Å². The van der Waals surface area contributed by atoms with Crippen molar-refractivity contribution in [2.75, 3.05) is 7.11 Å². The molecule has 1 aliphatic rings. The van der Waals surface area contributed by atoms with Crippen LogP contribution in [0.3, 0.4) is 0 Å². The van der Waals surface area contributed by atoms with E-state index in [0.29, 0.717) is 0 Å². The van der Waals surface area contributed by atoms with E-state index >= 15 is 0 Å².